The molecule has 0 fully saturated rings. The molecule has 0 aliphatic carbocycles. The van der Waals surface area contributed by atoms with Crippen molar-refractivity contribution in [3.05, 3.63) is 53.5 Å². The van der Waals surface area contributed by atoms with Crippen molar-refractivity contribution < 1.29 is 9.15 Å². The molecule has 0 aliphatic rings. The van der Waals surface area contributed by atoms with Crippen molar-refractivity contribution in [2.24, 2.45) is 0 Å². The van der Waals surface area contributed by atoms with Crippen molar-refractivity contribution in [1.82, 2.24) is 10.2 Å². The average molecular weight is 288 g/mol. The summed E-state index contributed by atoms with van der Waals surface area (Å²) >= 11 is 0. The SMILES string of the molecule is CNCc1ccc(OCCN(C)Cc2ccc(C)o2)cc1. The highest BCUT2D eigenvalue weighted by atomic mass is 16.5. The van der Waals surface area contributed by atoms with E-state index in [1.54, 1.807) is 0 Å². The fraction of sp³-hybridized carbons (Fsp3) is 0.412. The highest BCUT2D eigenvalue weighted by Crippen LogP contribution is 2.12. The van der Waals surface area contributed by atoms with Gasteiger partial charge in [-0.2, -0.15) is 0 Å². The molecule has 0 saturated heterocycles. The Hall–Kier alpha value is -1.78. The molecule has 1 aromatic carbocycles. The van der Waals surface area contributed by atoms with Crippen LogP contribution >= 0.6 is 0 Å². The molecule has 0 atom stereocenters. The zero-order valence-corrected chi connectivity index (χ0v) is 13.1. The Balaban J connectivity index is 1.70. The average Bonchev–Trinajstić information content (AvgIpc) is 2.86. The van der Waals surface area contributed by atoms with E-state index in [-0.39, 0.29) is 0 Å². The monoisotopic (exact) mass is 288 g/mol. The summed E-state index contributed by atoms with van der Waals surface area (Å²) in [7, 11) is 4.01. The molecule has 1 N–H and O–H groups in total. The normalized spacial score (nSPS) is 11.0. The van der Waals surface area contributed by atoms with E-state index in [0.29, 0.717) is 6.61 Å². The molecular formula is C17H24N2O2. The van der Waals surface area contributed by atoms with Gasteiger partial charge in [-0.15, -0.1) is 0 Å². The van der Waals surface area contributed by atoms with Gasteiger partial charge >= 0.3 is 0 Å². The van der Waals surface area contributed by atoms with Gasteiger partial charge in [-0.25, -0.2) is 0 Å². The van der Waals surface area contributed by atoms with E-state index in [1.807, 2.05) is 38.2 Å². The van der Waals surface area contributed by atoms with Gasteiger partial charge in [0.1, 0.15) is 23.9 Å². The van der Waals surface area contributed by atoms with Crippen LogP contribution in [0.3, 0.4) is 0 Å². The number of nitrogens with one attached hydrogen (secondary N) is 1. The first-order valence-corrected chi connectivity index (χ1v) is 7.27. The lowest BCUT2D eigenvalue weighted by atomic mass is 10.2. The zero-order chi connectivity index (χ0) is 15.1. The molecule has 2 aromatic rings. The van der Waals surface area contributed by atoms with Crippen molar-refractivity contribution in [3.8, 4) is 5.75 Å². The summed E-state index contributed by atoms with van der Waals surface area (Å²) in [5.74, 6) is 2.86. The molecule has 114 valence electrons. The van der Waals surface area contributed by atoms with Gasteiger partial charge in [0.15, 0.2) is 0 Å². The molecule has 0 spiro atoms. The lowest BCUT2D eigenvalue weighted by Crippen LogP contribution is -2.23. The predicted molar refractivity (Wildman–Crippen MR) is 84.5 cm³/mol. The number of aryl methyl sites for hydroxylation is 1. The van der Waals surface area contributed by atoms with Crippen LogP contribution in [-0.4, -0.2) is 32.1 Å². The van der Waals surface area contributed by atoms with Crippen molar-refractivity contribution in [2.75, 3.05) is 27.2 Å². The van der Waals surface area contributed by atoms with E-state index < -0.39 is 0 Å². The van der Waals surface area contributed by atoms with Crippen LogP contribution in [0.1, 0.15) is 17.1 Å². The smallest absolute Gasteiger partial charge is 0.119 e. The van der Waals surface area contributed by atoms with Gasteiger partial charge in [0.25, 0.3) is 0 Å². The molecule has 0 saturated carbocycles. The molecule has 1 aromatic heterocycles. The first kappa shape index (κ1) is 15.6. The van der Waals surface area contributed by atoms with Crippen molar-refractivity contribution >= 4 is 0 Å². The van der Waals surface area contributed by atoms with Crippen LogP contribution in [0.25, 0.3) is 0 Å². The maximum Gasteiger partial charge on any atom is 0.119 e. The van der Waals surface area contributed by atoms with Gasteiger partial charge in [0, 0.05) is 13.1 Å². The van der Waals surface area contributed by atoms with Gasteiger partial charge in [-0.1, -0.05) is 12.1 Å². The molecule has 1 heterocycles. The van der Waals surface area contributed by atoms with E-state index in [2.05, 4.69) is 29.4 Å². The summed E-state index contributed by atoms with van der Waals surface area (Å²) in [6, 6.07) is 12.2. The van der Waals surface area contributed by atoms with Crippen LogP contribution in [0.2, 0.25) is 0 Å². The van der Waals surface area contributed by atoms with Gasteiger partial charge in [0.2, 0.25) is 0 Å². The standard InChI is InChI=1S/C17H24N2O2/c1-14-4-7-17(21-14)13-19(3)10-11-20-16-8-5-15(6-9-16)12-18-2/h4-9,18H,10-13H2,1-3H3. The third-order valence-corrected chi connectivity index (χ3v) is 3.27. The van der Waals surface area contributed by atoms with Crippen LogP contribution in [0.5, 0.6) is 5.75 Å². The van der Waals surface area contributed by atoms with Crippen LogP contribution < -0.4 is 10.1 Å². The second kappa shape index (κ2) is 7.86. The summed E-state index contributed by atoms with van der Waals surface area (Å²) in [5.41, 5.74) is 1.26. The Morgan fingerprint density at radius 3 is 2.52 bits per heavy atom. The Bertz CT molecular complexity index is 534. The molecule has 0 amide bonds. The van der Waals surface area contributed by atoms with Gasteiger partial charge in [-0.05, 0) is 50.8 Å². The molecule has 4 nitrogen and oxygen atoms in total. The molecule has 0 radical (unpaired) electrons. The topological polar surface area (TPSA) is 37.6 Å². The van der Waals surface area contributed by atoms with Crippen LogP contribution in [0.15, 0.2) is 40.8 Å². The maximum atomic E-state index is 5.76. The molecule has 4 heteroatoms. The number of furan rings is 1. The fourth-order valence-corrected chi connectivity index (χ4v) is 2.14. The van der Waals surface area contributed by atoms with Crippen molar-refractivity contribution in [3.63, 3.8) is 0 Å². The number of nitrogens with zero attached hydrogens (tertiary/aromatic N) is 1. The highest BCUT2D eigenvalue weighted by Gasteiger charge is 2.04. The number of rotatable bonds is 8. The largest absolute Gasteiger partial charge is 0.492 e. The van der Waals surface area contributed by atoms with Gasteiger partial charge in [-0.3, -0.25) is 4.90 Å². The number of hydrogen-bond acceptors (Lipinski definition) is 4. The first-order valence-electron chi connectivity index (χ1n) is 7.27. The number of hydrogen-bond donors (Lipinski definition) is 1. The Morgan fingerprint density at radius 1 is 1.14 bits per heavy atom. The summed E-state index contributed by atoms with van der Waals surface area (Å²) in [6.45, 7) is 5.17. The van der Waals surface area contributed by atoms with Crippen LogP contribution in [-0.2, 0) is 13.1 Å². The minimum absolute atomic E-state index is 0.668. The second-order valence-corrected chi connectivity index (χ2v) is 5.27. The number of benzene rings is 1. The second-order valence-electron chi connectivity index (χ2n) is 5.27. The summed E-state index contributed by atoms with van der Waals surface area (Å²) in [5, 5.41) is 3.13. The van der Waals surface area contributed by atoms with E-state index in [4.69, 9.17) is 9.15 Å². The van der Waals surface area contributed by atoms with E-state index in [9.17, 15) is 0 Å². The van der Waals surface area contributed by atoms with Crippen LogP contribution in [0, 0.1) is 6.92 Å². The minimum atomic E-state index is 0.668. The van der Waals surface area contributed by atoms with Gasteiger partial charge < -0.3 is 14.5 Å². The molecule has 0 aliphatic heterocycles. The quantitative estimate of drug-likeness (QED) is 0.810. The zero-order valence-electron chi connectivity index (χ0n) is 13.1. The lowest BCUT2D eigenvalue weighted by molar-refractivity contribution is 0.221. The number of likely N-dealkylation sites (N-methyl/N-ethyl adjacent to an activating group) is 1. The third-order valence-electron chi connectivity index (χ3n) is 3.27. The molecule has 2 rings (SSSR count). The summed E-state index contributed by atoms with van der Waals surface area (Å²) in [6.07, 6.45) is 0. The Labute approximate surface area is 126 Å². The molecule has 0 bridgehead atoms. The van der Waals surface area contributed by atoms with Crippen LogP contribution in [0.4, 0.5) is 0 Å². The lowest BCUT2D eigenvalue weighted by Gasteiger charge is -2.15. The van der Waals surface area contributed by atoms with Crippen molar-refractivity contribution in [2.45, 2.75) is 20.0 Å². The number of ether oxygens (including phenoxy) is 1. The predicted octanol–water partition coefficient (Wildman–Crippen LogP) is 2.82. The van der Waals surface area contributed by atoms with E-state index in [1.165, 1.54) is 5.56 Å². The summed E-state index contributed by atoms with van der Waals surface area (Å²) in [4.78, 5) is 2.19. The molecular weight excluding hydrogens is 264 g/mol. The first-order chi connectivity index (χ1) is 10.2. The molecule has 21 heavy (non-hydrogen) atoms. The fourth-order valence-electron chi connectivity index (χ4n) is 2.14. The summed E-state index contributed by atoms with van der Waals surface area (Å²) < 4.78 is 11.3. The Kier molecular flexibility index (Phi) is 5.84. The maximum absolute atomic E-state index is 5.76. The van der Waals surface area contributed by atoms with Crippen molar-refractivity contribution in [1.29, 1.82) is 0 Å². The van der Waals surface area contributed by atoms with Gasteiger partial charge in [0.05, 0.1) is 6.54 Å². The minimum Gasteiger partial charge on any atom is -0.492 e. The molecule has 0 unspecified atom stereocenters. The van der Waals surface area contributed by atoms with E-state index >= 15 is 0 Å². The van der Waals surface area contributed by atoms with E-state index in [0.717, 1.165) is 36.9 Å². The third kappa shape index (κ3) is 5.25. The highest BCUT2D eigenvalue weighted by molar-refractivity contribution is 5.27. The Morgan fingerprint density at radius 2 is 1.90 bits per heavy atom.